The van der Waals surface area contributed by atoms with Crippen molar-refractivity contribution >= 4 is 11.8 Å². The number of pyridine rings is 2. The number of nitrogens with two attached hydrogens (primary N) is 1. The van der Waals surface area contributed by atoms with Gasteiger partial charge in [0, 0.05) is 24.1 Å². The first-order valence-corrected chi connectivity index (χ1v) is 7.75. The van der Waals surface area contributed by atoms with Gasteiger partial charge < -0.3 is 5.73 Å². The van der Waals surface area contributed by atoms with Crippen LogP contribution in [0.1, 0.15) is 35.4 Å². The summed E-state index contributed by atoms with van der Waals surface area (Å²) >= 11 is 1.73. The van der Waals surface area contributed by atoms with Crippen LogP contribution in [0.4, 0.5) is 0 Å². The van der Waals surface area contributed by atoms with Crippen molar-refractivity contribution < 1.29 is 0 Å². The molecular formula is C16H21N3S. The van der Waals surface area contributed by atoms with Gasteiger partial charge in [-0.25, -0.2) is 4.98 Å². The maximum atomic E-state index is 6.30. The van der Waals surface area contributed by atoms with Gasteiger partial charge in [0.25, 0.3) is 0 Å². The molecule has 0 bridgehead atoms. The predicted molar refractivity (Wildman–Crippen MR) is 84.8 cm³/mol. The highest BCUT2D eigenvalue weighted by atomic mass is 32.2. The van der Waals surface area contributed by atoms with E-state index in [1.54, 1.807) is 18.0 Å². The zero-order chi connectivity index (χ0) is 14.5. The molecule has 2 unspecified atom stereocenters. The largest absolute Gasteiger partial charge is 0.326 e. The molecule has 0 fully saturated rings. The van der Waals surface area contributed by atoms with Crippen molar-refractivity contribution in [3.05, 3.63) is 53.5 Å². The first kappa shape index (κ1) is 15.0. The van der Waals surface area contributed by atoms with E-state index in [1.165, 1.54) is 5.56 Å². The number of thioether (sulfide) groups is 1. The summed E-state index contributed by atoms with van der Waals surface area (Å²) in [6.45, 7) is 6.23. The van der Waals surface area contributed by atoms with Gasteiger partial charge in [-0.05, 0) is 49.6 Å². The maximum absolute atomic E-state index is 6.30. The first-order chi connectivity index (χ1) is 9.60. The number of nitrogens with zero attached hydrogens (tertiary/aromatic N) is 2. The molecule has 2 heterocycles. The molecule has 0 spiro atoms. The topological polar surface area (TPSA) is 51.8 Å². The Labute approximate surface area is 125 Å². The van der Waals surface area contributed by atoms with Gasteiger partial charge in [-0.1, -0.05) is 24.8 Å². The van der Waals surface area contributed by atoms with E-state index in [4.69, 9.17) is 5.73 Å². The highest BCUT2D eigenvalue weighted by Gasteiger charge is 2.20. The number of aryl methyl sites for hydroxylation is 2. The highest BCUT2D eigenvalue weighted by molar-refractivity contribution is 7.99. The van der Waals surface area contributed by atoms with Gasteiger partial charge >= 0.3 is 0 Å². The normalized spacial score (nSPS) is 14.0. The summed E-state index contributed by atoms with van der Waals surface area (Å²) in [4.78, 5) is 8.81. The lowest BCUT2D eigenvalue weighted by Crippen LogP contribution is -2.25. The standard InChI is InChI=1S/C16H21N3S/c1-4-14(17)16(13-6-5-7-18-10-13)20-15-9-11(2)8-12(3)19-15/h5-10,14,16H,4,17H2,1-3H3. The van der Waals surface area contributed by atoms with E-state index in [0.29, 0.717) is 0 Å². The third kappa shape index (κ3) is 3.81. The van der Waals surface area contributed by atoms with Crippen LogP contribution in [0.25, 0.3) is 0 Å². The summed E-state index contributed by atoms with van der Waals surface area (Å²) in [6, 6.07) is 8.34. The van der Waals surface area contributed by atoms with E-state index in [-0.39, 0.29) is 11.3 Å². The molecule has 4 heteroatoms. The predicted octanol–water partition coefficient (Wildman–Crippen LogP) is 3.66. The molecule has 2 N–H and O–H groups in total. The minimum atomic E-state index is 0.0896. The second-order valence-electron chi connectivity index (χ2n) is 5.02. The Balaban J connectivity index is 2.28. The lowest BCUT2D eigenvalue weighted by molar-refractivity contribution is 0.632. The van der Waals surface area contributed by atoms with Gasteiger partial charge in [0.2, 0.25) is 0 Å². The molecule has 2 aromatic heterocycles. The van der Waals surface area contributed by atoms with E-state index in [0.717, 1.165) is 22.7 Å². The fourth-order valence-corrected chi connectivity index (χ4v) is 3.51. The average Bonchev–Trinajstić information content (AvgIpc) is 2.44. The van der Waals surface area contributed by atoms with Crippen molar-refractivity contribution in [3.63, 3.8) is 0 Å². The Morgan fingerprint density at radius 3 is 2.70 bits per heavy atom. The summed E-state index contributed by atoms with van der Waals surface area (Å²) in [6.07, 6.45) is 4.62. The molecule has 0 aliphatic rings. The molecular weight excluding hydrogens is 266 g/mol. The lowest BCUT2D eigenvalue weighted by atomic mass is 10.1. The number of aromatic nitrogens is 2. The lowest BCUT2D eigenvalue weighted by Gasteiger charge is -2.22. The van der Waals surface area contributed by atoms with Gasteiger partial charge in [-0.2, -0.15) is 0 Å². The molecule has 2 atom stereocenters. The molecule has 2 aromatic rings. The molecule has 0 aliphatic carbocycles. The van der Waals surface area contributed by atoms with Crippen LogP contribution >= 0.6 is 11.8 Å². The van der Waals surface area contributed by atoms with Gasteiger partial charge in [0.1, 0.15) is 0 Å². The van der Waals surface area contributed by atoms with Crippen molar-refractivity contribution in [1.29, 1.82) is 0 Å². The van der Waals surface area contributed by atoms with Gasteiger partial charge in [0.05, 0.1) is 10.3 Å². The molecule has 106 valence electrons. The highest BCUT2D eigenvalue weighted by Crippen LogP contribution is 2.37. The molecule has 3 nitrogen and oxygen atoms in total. The summed E-state index contributed by atoms with van der Waals surface area (Å²) < 4.78 is 0. The second-order valence-corrected chi connectivity index (χ2v) is 6.18. The van der Waals surface area contributed by atoms with Crippen LogP contribution in [-0.2, 0) is 0 Å². The van der Waals surface area contributed by atoms with Crippen LogP contribution in [0.5, 0.6) is 0 Å². The number of hydrogen-bond donors (Lipinski definition) is 1. The Hall–Kier alpha value is -1.39. The number of hydrogen-bond acceptors (Lipinski definition) is 4. The molecule has 0 saturated carbocycles. The smallest absolute Gasteiger partial charge is 0.0972 e. The van der Waals surface area contributed by atoms with Crippen LogP contribution in [0.15, 0.2) is 41.7 Å². The Bertz CT molecular complexity index is 537. The fourth-order valence-electron chi connectivity index (χ4n) is 2.16. The third-order valence-corrected chi connectivity index (χ3v) is 4.52. The van der Waals surface area contributed by atoms with Gasteiger partial charge in [0.15, 0.2) is 0 Å². The van der Waals surface area contributed by atoms with Gasteiger partial charge in [-0.3, -0.25) is 4.98 Å². The van der Waals surface area contributed by atoms with E-state index in [2.05, 4.69) is 42.0 Å². The quantitative estimate of drug-likeness (QED) is 0.853. The second kappa shape index (κ2) is 6.86. The third-order valence-electron chi connectivity index (χ3n) is 3.20. The van der Waals surface area contributed by atoms with Crippen LogP contribution in [0.2, 0.25) is 0 Å². The van der Waals surface area contributed by atoms with Crippen LogP contribution in [-0.4, -0.2) is 16.0 Å². The van der Waals surface area contributed by atoms with Crippen molar-refractivity contribution in [2.45, 2.75) is 43.5 Å². The van der Waals surface area contributed by atoms with Crippen molar-refractivity contribution in [2.24, 2.45) is 5.73 Å². The SMILES string of the molecule is CCC(N)C(Sc1cc(C)cc(C)n1)c1cccnc1. The molecule has 0 radical (unpaired) electrons. The maximum Gasteiger partial charge on any atom is 0.0972 e. The van der Waals surface area contributed by atoms with Crippen molar-refractivity contribution in [2.75, 3.05) is 0 Å². The summed E-state index contributed by atoms with van der Waals surface area (Å²) in [7, 11) is 0. The Morgan fingerprint density at radius 2 is 2.10 bits per heavy atom. The monoisotopic (exact) mass is 287 g/mol. The van der Waals surface area contributed by atoms with E-state index in [9.17, 15) is 0 Å². The zero-order valence-electron chi connectivity index (χ0n) is 12.2. The van der Waals surface area contributed by atoms with Gasteiger partial charge in [-0.15, -0.1) is 0 Å². The number of rotatable bonds is 5. The molecule has 0 amide bonds. The molecule has 0 aliphatic heterocycles. The van der Waals surface area contributed by atoms with E-state index >= 15 is 0 Å². The fraction of sp³-hybridized carbons (Fsp3) is 0.375. The summed E-state index contributed by atoms with van der Waals surface area (Å²) in [5, 5.41) is 1.21. The van der Waals surface area contributed by atoms with E-state index < -0.39 is 0 Å². The molecule has 2 rings (SSSR count). The zero-order valence-corrected chi connectivity index (χ0v) is 13.0. The van der Waals surface area contributed by atoms with Crippen LogP contribution in [0, 0.1) is 13.8 Å². The van der Waals surface area contributed by atoms with Crippen LogP contribution < -0.4 is 5.73 Å². The first-order valence-electron chi connectivity index (χ1n) is 6.87. The summed E-state index contributed by atoms with van der Waals surface area (Å²) in [5.74, 6) is 0. The van der Waals surface area contributed by atoms with E-state index in [1.807, 2.05) is 19.2 Å². The summed E-state index contributed by atoms with van der Waals surface area (Å²) in [5.41, 5.74) is 9.73. The Morgan fingerprint density at radius 1 is 1.30 bits per heavy atom. The van der Waals surface area contributed by atoms with Crippen LogP contribution in [0.3, 0.4) is 0 Å². The molecule has 0 saturated heterocycles. The minimum absolute atomic E-state index is 0.0896. The molecule has 0 aromatic carbocycles. The minimum Gasteiger partial charge on any atom is -0.326 e. The average molecular weight is 287 g/mol. The van der Waals surface area contributed by atoms with Crippen molar-refractivity contribution in [1.82, 2.24) is 9.97 Å². The van der Waals surface area contributed by atoms with Crippen molar-refractivity contribution in [3.8, 4) is 0 Å². The molecule has 20 heavy (non-hydrogen) atoms. The Kier molecular flexibility index (Phi) is 5.15.